The smallest absolute Gasteiger partial charge is 0.326 e. The minimum Gasteiger partial charge on any atom is -0.480 e. The summed E-state index contributed by atoms with van der Waals surface area (Å²) in [4.78, 5) is 29.8. The average molecular weight is 358 g/mol. The van der Waals surface area contributed by atoms with Gasteiger partial charge in [-0.3, -0.25) is 4.79 Å². The molecule has 0 aliphatic heterocycles. The fourth-order valence-electron chi connectivity index (χ4n) is 2.31. The van der Waals surface area contributed by atoms with Crippen LogP contribution in [0.15, 0.2) is 48.7 Å². The molecule has 1 unspecified atom stereocenters. The van der Waals surface area contributed by atoms with Crippen LogP contribution < -0.4 is 4.74 Å². The van der Waals surface area contributed by atoms with Gasteiger partial charge in [0.05, 0.1) is 6.61 Å². The van der Waals surface area contributed by atoms with E-state index in [2.05, 4.69) is 4.98 Å². The van der Waals surface area contributed by atoms with Crippen LogP contribution in [0.5, 0.6) is 5.88 Å². The molecule has 138 valence electrons. The van der Waals surface area contributed by atoms with E-state index in [1.807, 2.05) is 30.3 Å². The molecule has 0 saturated carbocycles. The minimum absolute atomic E-state index is 0.190. The molecule has 2 aromatic rings. The van der Waals surface area contributed by atoms with Crippen LogP contribution in [-0.4, -0.2) is 53.2 Å². The lowest BCUT2D eigenvalue weighted by Crippen LogP contribution is -2.42. The number of hydrogen-bond acceptors (Lipinski definition) is 5. The summed E-state index contributed by atoms with van der Waals surface area (Å²) in [7, 11) is 1.56. The minimum atomic E-state index is -1.07. The summed E-state index contributed by atoms with van der Waals surface area (Å²) < 4.78 is 10.3. The summed E-state index contributed by atoms with van der Waals surface area (Å²) in [6.07, 6.45) is 1.46. The number of carbonyl (C=O) groups is 2. The van der Waals surface area contributed by atoms with E-state index in [4.69, 9.17) is 9.47 Å². The molecule has 1 aromatic carbocycles. The van der Waals surface area contributed by atoms with E-state index < -0.39 is 17.9 Å². The molecular weight excluding hydrogens is 336 g/mol. The first-order chi connectivity index (χ1) is 12.5. The average Bonchev–Trinajstić information content (AvgIpc) is 2.66. The van der Waals surface area contributed by atoms with Gasteiger partial charge >= 0.3 is 5.97 Å². The second-order valence-corrected chi connectivity index (χ2v) is 5.66. The van der Waals surface area contributed by atoms with Crippen LogP contribution in [0.4, 0.5) is 0 Å². The van der Waals surface area contributed by atoms with Gasteiger partial charge in [-0.1, -0.05) is 30.3 Å². The topological polar surface area (TPSA) is 89.0 Å². The first kappa shape index (κ1) is 19.4. The summed E-state index contributed by atoms with van der Waals surface area (Å²) in [5.41, 5.74) is 1.16. The summed E-state index contributed by atoms with van der Waals surface area (Å²) in [5, 5.41) is 9.38. The van der Waals surface area contributed by atoms with Gasteiger partial charge < -0.3 is 19.5 Å². The van der Waals surface area contributed by atoms with E-state index in [1.54, 1.807) is 7.11 Å². The monoisotopic (exact) mass is 358 g/mol. The number of carbonyl (C=O) groups excluding carboxylic acids is 1. The molecule has 1 heterocycles. The molecule has 0 fully saturated rings. The third-order valence-electron chi connectivity index (χ3n) is 3.80. The molecule has 0 aliphatic rings. The van der Waals surface area contributed by atoms with Crippen molar-refractivity contribution in [1.29, 1.82) is 0 Å². The molecule has 1 N–H and O–H groups in total. The predicted molar refractivity (Wildman–Crippen MR) is 95.0 cm³/mol. The van der Waals surface area contributed by atoms with E-state index in [1.165, 1.54) is 30.2 Å². The zero-order valence-electron chi connectivity index (χ0n) is 14.8. The van der Waals surface area contributed by atoms with Crippen LogP contribution in [0.25, 0.3) is 0 Å². The fraction of sp³-hybridized carbons (Fsp3) is 0.316. The number of ether oxygens (including phenoxy) is 2. The maximum absolute atomic E-state index is 12.9. The third kappa shape index (κ3) is 5.29. The number of rotatable bonds is 9. The number of amides is 1. The summed E-state index contributed by atoms with van der Waals surface area (Å²) >= 11 is 0. The standard InChI is InChI=1S/C19H22N2O5/c1-14(19(23)24)21(13-15-6-4-3-5-7-15)18(22)16-8-9-20-17(12-16)26-11-10-25-2/h3-9,12,14H,10-11,13H2,1-2H3,(H,23,24). The molecule has 26 heavy (non-hydrogen) atoms. The van der Waals surface area contributed by atoms with Gasteiger partial charge in [-0.15, -0.1) is 0 Å². The second kappa shape index (κ2) is 9.53. The lowest BCUT2D eigenvalue weighted by molar-refractivity contribution is -0.141. The highest BCUT2D eigenvalue weighted by Gasteiger charge is 2.27. The second-order valence-electron chi connectivity index (χ2n) is 5.66. The van der Waals surface area contributed by atoms with Crippen molar-refractivity contribution in [2.75, 3.05) is 20.3 Å². The Morgan fingerprint density at radius 2 is 1.92 bits per heavy atom. The molecule has 0 spiro atoms. The fourth-order valence-corrected chi connectivity index (χ4v) is 2.31. The van der Waals surface area contributed by atoms with Gasteiger partial charge in [0.2, 0.25) is 5.88 Å². The molecule has 0 aliphatic carbocycles. The van der Waals surface area contributed by atoms with Crippen LogP contribution in [0.3, 0.4) is 0 Å². The predicted octanol–water partition coefficient (Wildman–Crippen LogP) is 2.22. The van der Waals surface area contributed by atoms with Crippen molar-refractivity contribution in [2.45, 2.75) is 19.5 Å². The molecule has 2 rings (SSSR count). The largest absolute Gasteiger partial charge is 0.480 e. The van der Waals surface area contributed by atoms with Crippen molar-refractivity contribution < 1.29 is 24.2 Å². The number of hydrogen-bond donors (Lipinski definition) is 1. The number of nitrogens with zero attached hydrogens (tertiary/aromatic N) is 2. The van der Waals surface area contributed by atoms with E-state index in [0.717, 1.165) is 5.56 Å². The quantitative estimate of drug-likeness (QED) is 0.692. The molecule has 0 saturated heterocycles. The molecule has 1 amide bonds. The number of carboxylic acid groups (broad SMARTS) is 1. The van der Waals surface area contributed by atoms with Gasteiger partial charge in [-0.25, -0.2) is 9.78 Å². The van der Waals surface area contributed by atoms with Crippen LogP contribution >= 0.6 is 0 Å². The van der Waals surface area contributed by atoms with Crippen molar-refractivity contribution in [2.24, 2.45) is 0 Å². The highest BCUT2D eigenvalue weighted by molar-refractivity contribution is 5.96. The molecule has 1 aromatic heterocycles. The van der Waals surface area contributed by atoms with E-state index >= 15 is 0 Å². The zero-order chi connectivity index (χ0) is 18.9. The van der Waals surface area contributed by atoms with Crippen LogP contribution in [0, 0.1) is 0 Å². The van der Waals surface area contributed by atoms with Crippen molar-refractivity contribution >= 4 is 11.9 Å². The lowest BCUT2D eigenvalue weighted by atomic mass is 10.1. The van der Waals surface area contributed by atoms with Gasteiger partial charge in [0, 0.05) is 31.5 Å². The van der Waals surface area contributed by atoms with Gasteiger partial charge in [0.1, 0.15) is 12.6 Å². The Bertz CT molecular complexity index is 736. The number of methoxy groups -OCH3 is 1. The Labute approximate surface area is 152 Å². The molecule has 0 bridgehead atoms. The Morgan fingerprint density at radius 3 is 2.58 bits per heavy atom. The normalized spacial score (nSPS) is 11.6. The van der Waals surface area contributed by atoms with Crippen LogP contribution in [-0.2, 0) is 16.1 Å². The van der Waals surface area contributed by atoms with Gasteiger partial charge in [-0.2, -0.15) is 0 Å². The number of benzene rings is 1. The van der Waals surface area contributed by atoms with Gasteiger partial charge in [0.25, 0.3) is 5.91 Å². The van der Waals surface area contributed by atoms with Gasteiger partial charge in [-0.05, 0) is 18.6 Å². The lowest BCUT2D eigenvalue weighted by Gasteiger charge is -2.27. The van der Waals surface area contributed by atoms with Crippen molar-refractivity contribution in [3.8, 4) is 5.88 Å². The Morgan fingerprint density at radius 1 is 1.19 bits per heavy atom. The van der Waals surface area contributed by atoms with Crippen molar-refractivity contribution in [1.82, 2.24) is 9.88 Å². The Hall–Kier alpha value is -2.93. The highest BCUT2D eigenvalue weighted by atomic mass is 16.5. The highest BCUT2D eigenvalue weighted by Crippen LogP contribution is 2.16. The molecule has 0 radical (unpaired) electrons. The Kier molecular flexibility index (Phi) is 7.11. The Balaban J connectivity index is 2.22. The third-order valence-corrected chi connectivity index (χ3v) is 3.80. The van der Waals surface area contributed by atoms with E-state index in [-0.39, 0.29) is 12.4 Å². The molecule has 1 atom stereocenters. The SMILES string of the molecule is COCCOc1cc(C(=O)N(Cc2ccccc2)C(C)C(=O)O)ccn1. The van der Waals surface area contributed by atoms with Crippen LogP contribution in [0.2, 0.25) is 0 Å². The maximum atomic E-state index is 12.9. The summed E-state index contributed by atoms with van der Waals surface area (Å²) in [6, 6.07) is 11.3. The van der Waals surface area contributed by atoms with E-state index in [0.29, 0.717) is 18.8 Å². The molecule has 7 heteroatoms. The molecular formula is C19H22N2O5. The number of pyridine rings is 1. The van der Waals surface area contributed by atoms with Gasteiger partial charge in [0.15, 0.2) is 0 Å². The number of aromatic nitrogens is 1. The first-order valence-electron chi connectivity index (χ1n) is 8.18. The van der Waals surface area contributed by atoms with Crippen LogP contribution in [0.1, 0.15) is 22.8 Å². The molecule has 7 nitrogen and oxygen atoms in total. The zero-order valence-corrected chi connectivity index (χ0v) is 14.8. The van der Waals surface area contributed by atoms with Crippen molar-refractivity contribution in [3.63, 3.8) is 0 Å². The first-order valence-corrected chi connectivity index (χ1v) is 8.18. The van der Waals surface area contributed by atoms with Crippen molar-refractivity contribution in [3.05, 3.63) is 59.8 Å². The maximum Gasteiger partial charge on any atom is 0.326 e. The number of carboxylic acids is 1. The number of aliphatic carboxylic acids is 1. The summed E-state index contributed by atoms with van der Waals surface area (Å²) in [6.45, 7) is 2.38. The summed E-state index contributed by atoms with van der Waals surface area (Å²) in [5.74, 6) is -1.18. The van der Waals surface area contributed by atoms with E-state index in [9.17, 15) is 14.7 Å².